The first-order chi connectivity index (χ1) is 22.4. The second kappa shape index (κ2) is 18.4. The van der Waals surface area contributed by atoms with Crippen LogP contribution in [0, 0.1) is 11.6 Å². The largest absolute Gasteiger partial charge is 1.00 e. The molecule has 49 heavy (non-hydrogen) atoms. The van der Waals surface area contributed by atoms with Gasteiger partial charge in [0.2, 0.25) is 0 Å². The average molecular weight is 713 g/mol. The fraction of sp³-hybridized carbons (Fsp3) is 0.0263. The summed E-state index contributed by atoms with van der Waals surface area (Å²) in [5.74, 6) is -1.57. The normalized spacial score (nSPS) is 10.1. The summed E-state index contributed by atoms with van der Waals surface area (Å²) in [6.07, 6.45) is 0. The van der Waals surface area contributed by atoms with Crippen LogP contribution in [0.1, 0.15) is 8.85 Å². The number of hydrogen-bond donors (Lipinski definition) is 2. The van der Waals surface area contributed by atoms with Crippen molar-refractivity contribution in [2.75, 3.05) is 0 Å². The number of phenols is 2. The summed E-state index contributed by atoms with van der Waals surface area (Å²) in [5, 5.41) is 33.0. The summed E-state index contributed by atoms with van der Waals surface area (Å²) >= 11 is 0. The topological polar surface area (TPSA) is 116 Å². The first kappa shape index (κ1) is 40.5. The number of rotatable bonds is 3. The molecule has 7 nitrogen and oxygen atoms in total. The van der Waals surface area contributed by atoms with Crippen molar-refractivity contribution in [3.05, 3.63) is 133 Å². The van der Waals surface area contributed by atoms with Crippen LogP contribution in [0.3, 0.4) is 0 Å². The third-order valence-electron chi connectivity index (χ3n) is 7.36. The van der Waals surface area contributed by atoms with Crippen LogP contribution in [0.2, 0.25) is 0 Å². The molecule has 0 bridgehead atoms. The Morgan fingerprint density at radius 2 is 0.939 bits per heavy atom. The van der Waals surface area contributed by atoms with Gasteiger partial charge in [0, 0.05) is 55.9 Å². The van der Waals surface area contributed by atoms with Crippen LogP contribution < -0.4 is 108 Å². The Morgan fingerprint density at radius 1 is 0.551 bits per heavy atom. The van der Waals surface area contributed by atoms with Crippen molar-refractivity contribution >= 4 is 50.3 Å². The SMILES string of the molecule is C.O=CO[O-].Oc1cc(O)c(-c2ccccc2F)cc1-c1ccccc1F.[H-].[K+].[K+].c1ccc2c(c1)oc1cc3oc4ccccc4c3cc12. The van der Waals surface area contributed by atoms with Crippen LogP contribution in [-0.4, -0.2) is 16.7 Å². The number of aromatic hydroxyl groups is 2. The quantitative estimate of drug-likeness (QED) is 0.125. The van der Waals surface area contributed by atoms with E-state index in [1.165, 1.54) is 42.5 Å². The van der Waals surface area contributed by atoms with Crippen molar-refractivity contribution in [1.29, 1.82) is 0 Å². The number of furan rings is 2. The summed E-state index contributed by atoms with van der Waals surface area (Å²) in [4.78, 5) is 11.2. The fourth-order valence-electron chi connectivity index (χ4n) is 5.31. The van der Waals surface area contributed by atoms with Crippen molar-refractivity contribution < 1.29 is 147 Å². The molecule has 0 saturated carbocycles. The minimum Gasteiger partial charge on any atom is -1.00 e. The second-order valence-electron chi connectivity index (χ2n) is 10.1. The van der Waals surface area contributed by atoms with Gasteiger partial charge in [-0.05, 0) is 36.4 Å². The number of halogens is 2. The van der Waals surface area contributed by atoms with E-state index in [0.29, 0.717) is 0 Å². The van der Waals surface area contributed by atoms with Gasteiger partial charge in [-0.25, -0.2) is 8.78 Å². The molecule has 0 aliphatic heterocycles. The monoisotopic (exact) mass is 712 g/mol. The molecule has 0 fully saturated rings. The number of fused-ring (bicyclic) bond motifs is 6. The number of para-hydroxylation sites is 2. The van der Waals surface area contributed by atoms with Crippen molar-refractivity contribution in [3.8, 4) is 33.8 Å². The summed E-state index contributed by atoms with van der Waals surface area (Å²) in [5.41, 5.74) is 4.31. The van der Waals surface area contributed by atoms with Gasteiger partial charge >= 0.3 is 103 Å². The molecule has 0 unspecified atom stereocenters. The molecule has 0 spiro atoms. The van der Waals surface area contributed by atoms with E-state index in [0.717, 1.165) is 49.9 Å². The molecule has 11 heteroatoms. The third-order valence-corrected chi connectivity index (χ3v) is 7.36. The van der Waals surface area contributed by atoms with Gasteiger partial charge in [0.15, 0.2) is 0 Å². The Hall–Kier alpha value is -2.92. The van der Waals surface area contributed by atoms with Crippen LogP contribution in [0.25, 0.3) is 66.1 Å². The Kier molecular flexibility index (Phi) is 15.2. The van der Waals surface area contributed by atoms with Crippen molar-refractivity contribution in [1.82, 2.24) is 0 Å². The van der Waals surface area contributed by atoms with Crippen molar-refractivity contribution in [2.24, 2.45) is 0 Å². The maximum absolute atomic E-state index is 13.9. The molecular weight excluding hydrogens is 685 g/mol. The van der Waals surface area contributed by atoms with E-state index < -0.39 is 11.6 Å². The number of phenolic OH excluding ortho intramolecular Hbond substituents is 2. The summed E-state index contributed by atoms with van der Waals surface area (Å²) in [7, 11) is 0. The number of hydrogen-bond acceptors (Lipinski definition) is 7. The molecule has 0 aliphatic rings. The van der Waals surface area contributed by atoms with Gasteiger partial charge in [-0.3, -0.25) is 4.79 Å². The zero-order valence-electron chi connectivity index (χ0n) is 26.8. The minimum absolute atomic E-state index is 0. The number of benzene rings is 6. The predicted octanol–water partition coefficient (Wildman–Crippen LogP) is 3.39. The minimum atomic E-state index is -0.511. The molecule has 0 saturated heterocycles. The summed E-state index contributed by atoms with van der Waals surface area (Å²) < 4.78 is 39.6. The zero-order chi connectivity index (χ0) is 32.2. The Labute approximate surface area is 366 Å². The van der Waals surface area contributed by atoms with E-state index in [-0.39, 0.29) is 152 Å². The Balaban J connectivity index is 0.000000293. The van der Waals surface area contributed by atoms with E-state index in [2.05, 4.69) is 23.1 Å². The third kappa shape index (κ3) is 8.70. The van der Waals surface area contributed by atoms with E-state index in [4.69, 9.17) is 18.9 Å². The first-order valence-electron chi connectivity index (χ1n) is 13.9. The second-order valence-corrected chi connectivity index (χ2v) is 10.1. The molecule has 2 N–H and O–H groups in total. The van der Waals surface area contributed by atoms with Gasteiger partial charge in [0.25, 0.3) is 6.47 Å². The maximum atomic E-state index is 13.9. The molecule has 6 aromatic carbocycles. The van der Waals surface area contributed by atoms with Gasteiger partial charge in [-0.15, -0.1) is 0 Å². The van der Waals surface area contributed by atoms with Crippen molar-refractivity contribution in [2.45, 2.75) is 7.43 Å². The molecule has 0 radical (unpaired) electrons. The Bertz CT molecular complexity index is 2210. The summed E-state index contributed by atoms with van der Waals surface area (Å²) in [6.45, 7) is -0.181. The van der Waals surface area contributed by atoms with E-state index >= 15 is 0 Å². The molecule has 238 valence electrons. The zero-order valence-corrected chi connectivity index (χ0v) is 32.1. The van der Waals surface area contributed by atoms with Gasteiger partial charge in [-0.2, -0.15) is 0 Å². The molecule has 8 aromatic rings. The maximum Gasteiger partial charge on any atom is 1.00 e. The number of carbonyl (C=O) groups excluding carboxylic acids is 1. The van der Waals surface area contributed by atoms with Gasteiger partial charge in [0.05, 0.1) is 0 Å². The van der Waals surface area contributed by atoms with E-state index in [9.17, 15) is 19.0 Å². The molecule has 0 aliphatic carbocycles. The molecule has 2 heterocycles. The molecule has 2 aromatic heterocycles. The van der Waals surface area contributed by atoms with Crippen LogP contribution in [0.15, 0.2) is 130 Å². The van der Waals surface area contributed by atoms with Gasteiger partial charge < -0.3 is 30.6 Å². The molecule has 8 rings (SSSR count). The predicted molar refractivity (Wildman–Crippen MR) is 177 cm³/mol. The molecular formula is C38H28F2K2O7. The van der Waals surface area contributed by atoms with Gasteiger partial charge in [-0.1, -0.05) is 80.2 Å². The van der Waals surface area contributed by atoms with E-state index in [1.807, 2.05) is 42.5 Å². The average Bonchev–Trinajstić information content (AvgIpc) is 3.62. The number of carbonyl (C=O) groups is 1. The van der Waals surface area contributed by atoms with Crippen LogP contribution >= 0.6 is 0 Å². The van der Waals surface area contributed by atoms with Gasteiger partial charge in [0.1, 0.15) is 45.5 Å². The fourth-order valence-corrected chi connectivity index (χ4v) is 5.31. The van der Waals surface area contributed by atoms with Crippen LogP contribution in [0.5, 0.6) is 11.5 Å². The summed E-state index contributed by atoms with van der Waals surface area (Å²) in [6, 6.07) is 34.7. The standard InChI is InChI=1S/C18H12F2O2.C18H10O2.CH2O3.CH4.2K.H/c19-15-7-3-1-5-11(15)13-9-14(18(22)10-17(13)21)12-6-2-4-8-16(12)20;1-3-7-15-11(5-1)13-9-14-12-6-2-4-8-16(12)20-18(14)10-17(13)19-15;2-1-4-3;;;;/h1-10,21-22H;1-10H;1,3H;1H4;;;/q;;;;2*+1;-1/p-1. The van der Waals surface area contributed by atoms with E-state index in [1.54, 1.807) is 12.1 Å². The van der Waals surface area contributed by atoms with Crippen LogP contribution in [-0.2, 0) is 9.68 Å². The first-order valence-corrected chi connectivity index (χ1v) is 13.9. The molecule has 0 atom stereocenters. The molecule has 0 amide bonds. The Morgan fingerprint density at radius 3 is 1.35 bits per heavy atom. The smallest absolute Gasteiger partial charge is 1.00 e. The van der Waals surface area contributed by atoms with Crippen LogP contribution in [0.4, 0.5) is 8.78 Å². The van der Waals surface area contributed by atoms with Crippen molar-refractivity contribution in [3.63, 3.8) is 0 Å².